The maximum absolute atomic E-state index is 12.2. The number of aromatic nitrogens is 2. The lowest BCUT2D eigenvalue weighted by atomic mass is 10.3. The molecule has 8 heteroatoms. The van der Waals surface area contributed by atoms with Crippen LogP contribution in [0.2, 0.25) is 0 Å². The van der Waals surface area contributed by atoms with Gasteiger partial charge in [0.15, 0.2) is 5.82 Å². The van der Waals surface area contributed by atoms with E-state index in [-0.39, 0.29) is 10.7 Å². The topological polar surface area (TPSA) is 99.2 Å². The Morgan fingerprint density at radius 1 is 1.33 bits per heavy atom. The molecule has 3 N–H and O–H groups in total. The zero-order valence-electron chi connectivity index (χ0n) is 11.9. The second kappa shape index (κ2) is 6.04. The van der Waals surface area contributed by atoms with Gasteiger partial charge in [-0.2, -0.15) is 5.10 Å². The molecule has 2 aromatic rings. The van der Waals surface area contributed by atoms with Crippen molar-refractivity contribution >= 4 is 21.5 Å². The number of nitrogen functional groups attached to an aromatic ring is 1. The number of nitrogens with two attached hydrogens (primary N) is 1. The molecule has 0 radical (unpaired) electrons. The van der Waals surface area contributed by atoms with Crippen LogP contribution in [0.15, 0.2) is 35.4 Å². The number of hydrogen-bond donors (Lipinski definition) is 2. The molecule has 0 aliphatic rings. The Hall–Kier alpha value is -2.22. The Kier molecular flexibility index (Phi) is 4.37. The molecule has 21 heavy (non-hydrogen) atoms. The van der Waals surface area contributed by atoms with Gasteiger partial charge in [-0.1, -0.05) is 6.92 Å². The summed E-state index contributed by atoms with van der Waals surface area (Å²) in [7, 11) is -2.15. The first kappa shape index (κ1) is 15.2. The van der Waals surface area contributed by atoms with Crippen LogP contribution in [0.25, 0.3) is 0 Å². The monoisotopic (exact) mass is 310 g/mol. The van der Waals surface area contributed by atoms with Crippen LogP contribution in [-0.2, 0) is 17.1 Å². The summed E-state index contributed by atoms with van der Waals surface area (Å²) in [4.78, 5) is -0.0451. The first-order valence-electron chi connectivity index (χ1n) is 6.47. The summed E-state index contributed by atoms with van der Waals surface area (Å²) < 4.78 is 33.7. The number of sulfonamides is 1. The quantitative estimate of drug-likeness (QED) is 0.844. The Balaban J connectivity index is 2.15. The van der Waals surface area contributed by atoms with Gasteiger partial charge in [0.25, 0.3) is 10.0 Å². The lowest BCUT2D eigenvalue weighted by Crippen LogP contribution is -2.13. The van der Waals surface area contributed by atoms with Gasteiger partial charge in [-0.25, -0.2) is 8.42 Å². The van der Waals surface area contributed by atoms with E-state index in [2.05, 4.69) is 9.82 Å². The number of benzene rings is 1. The third-order valence-electron chi connectivity index (χ3n) is 2.69. The van der Waals surface area contributed by atoms with Gasteiger partial charge in [0.1, 0.15) is 10.6 Å². The summed E-state index contributed by atoms with van der Waals surface area (Å²) in [5.41, 5.74) is 6.02. The molecule has 2 rings (SSSR count). The molecule has 1 heterocycles. The van der Waals surface area contributed by atoms with Gasteiger partial charge < -0.3 is 10.5 Å². The van der Waals surface area contributed by atoms with Crippen LogP contribution in [0.4, 0.5) is 11.5 Å². The molecule has 0 saturated heterocycles. The smallest absolute Gasteiger partial charge is 0.267 e. The van der Waals surface area contributed by atoms with Crippen LogP contribution in [0.5, 0.6) is 5.75 Å². The molecule has 0 spiro atoms. The van der Waals surface area contributed by atoms with Crippen LogP contribution in [0.1, 0.15) is 13.3 Å². The van der Waals surface area contributed by atoms with Gasteiger partial charge in [-0.05, 0) is 30.7 Å². The second-order valence-electron chi connectivity index (χ2n) is 4.53. The fourth-order valence-corrected chi connectivity index (χ4v) is 2.90. The molecule has 0 saturated carbocycles. The maximum Gasteiger partial charge on any atom is 0.267 e. The van der Waals surface area contributed by atoms with E-state index in [1.54, 1.807) is 31.3 Å². The largest absolute Gasteiger partial charge is 0.494 e. The number of rotatable bonds is 6. The molecule has 0 fully saturated rings. The number of aryl methyl sites for hydroxylation is 1. The first-order valence-corrected chi connectivity index (χ1v) is 7.95. The minimum absolute atomic E-state index is 0.0344. The highest BCUT2D eigenvalue weighted by molar-refractivity contribution is 7.92. The molecule has 1 aromatic heterocycles. The SMILES string of the molecule is CCCOc1ccc(NS(=O)(=O)c2cn(C)nc2N)cc1. The van der Waals surface area contributed by atoms with Crippen molar-refractivity contribution in [2.75, 3.05) is 17.1 Å². The molecule has 114 valence electrons. The molecule has 0 unspecified atom stereocenters. The summed E-state index contributed by atoms with van der Waals surface area (Å²) >= 11 is 0. The van der Waals surface area contributed by atoms with E-state index in [9.17, 15) is 8.42 Å². The van der Waals surface area contributed by atoms with E-state index >= 15 is 0 Å². The lowest BCUT2D eigenvalue weighted by molar-refractivity contribution is 0.317. The molecule has 7 nitrogen and oxygen atoms in total. The van der Waals surface area contributed by atoms with E-state index in [1.165, 1.54) is 10.9 Å². The molecule has 0 bridgehead atoms. The standard InChI is InChI=1S/C13H18N4O3S/c1-3-8-20-11-6-4-10(5-7-11)16-21(18,19)12-9-17(2)15-13(12)14/h4-7,9,16H,3,8H2,1-2H3,(H2,14,15). The summed E-state index contributed by atoms with van der Waals surface area (Å²) in [6, 6.07) is 6.68. The average Bonchev–Trinajstić information content (AvgIpc) is 2.77. The molecule has 0 aliphatic carbocycles. The molecular weight excluding hydrogens is 292 g/mol. The normalized spacial score (nSPS) is 11.3. The Bertz CT molecular complexity index is 708. The number of anilines is 2. The molecule has 0 aliphatic heterocycles. The second-order valence-corrected chi connectivity index (χ2v) is 6.18. The molecule has 0 atom stereocenters. The van der Waals surface area contributed by atoms with Crippen molar-refractivity contribution in [2.45, 2.75) is 18.2 Å². The zero-order valence-corrected chi connectivity index (χ0v) is 12.7. The number of hydrogen-bond acceptors (Lipinski definition) is 5. The average molecular weight is 310 g/mol. The minimum atomic E-state index is -3.75. The maximum atomic E-state index is 12.2. The van der Waals surface area contributed by atoms with Crippen molar-refractivity contribution in [2.24, 2.45) is 7.05 Å². The van der Waals surface area contributed by atoms with Crippen molar-refractivity contribution in [1.29, 1.82) is 0 Å². The summed E-state index contributed by atoms with van der Waals surface area (Å²) in [5, 5.41) is 3.82. The molecule has 1 aromatic carbocycles. The van der Waals surface area contributed by atoms with Gasteiger partial charge in [0.2, 0.25) is 0 Å². The predicted molar refractivity (Wildman–Crippen MR) is 80.7 cm³/mol. The van der Waals surface area contributed by atoms with E-state index < -0.39 is 10.0 Å². The van der Waals surface area contributed by atoms with Crippen molar-refractivity contribution < 1.29 is 13.2 Å². The van der Waals surface area contributed by atoms with Gasteiger partial charge in [-0.15, -0.1) is 0 Å². The van der Waals surface area contributed by atoms with Crippen LogP contribution >= 0.6 is 0 Å². The van der Waals surface area contributed by atoms with Crippen LogP contribution in [0.3, 0.4) is 0 Å². The van der Waals surface area contributed by atoms with Crippen LogP contribution < -0.4 is 15.2 Å². The van der Waals surface area contributed by atoms with Gasteiger partial charge in [0, 0.05) is 18.9 Å². The summed E-state index contributed by atoms with van der Waals surface area (Å²) in [5.74, 6) is 0.661. The Morgan fingerprint density at radius 2 is 2.00 bits per heavy atom. The van der Waals surface area contributed by atoms with E-state index in [0.29, 0.717) is 18.0 Å². The fourth-order valence-electron chi connectivity index (χ4n) is 1.74. The van der Waals surface area contributed by atoms with E-state index in [0.717, 1.165) is 6.42 Å². The van der Waals surface area contributed by atoms with Gasteiger partial charge in [-0.3, -0.25) is 9.40 Å². The number of nitrogens with zero attached hydrogens (tertiary/aromatic N) is 2. The highest BCUT2D eigenvalue weighted by Crippen LogP contribution is 2.22. The van der Waals surface area contributed by atoms with Crippen LogP contribution in [0, 0.1) is 0 Å². The summed E-state index contributed by atoms with van der Waals surface area (Å²) in [6.07, 6.45) is 2.27. The predicted octanol–water partition coefficient (Wildman–Crippen LogP) is 1.59. The van der Waals surface area contributed by atoms with Crippen LogP contribution in [-0.4, -0.2) is 24.8 Å². The van der Waals surface area contributed by atoms with E-state index in [1.807, 2.05) is 6.92 Å². The minimum Gasteiger partial charge on any atom is -0.494 e. The van der Waals surface area contributed by atoms with Gasteiger partial charge >= 0.3 is 0 Å². The highest BCUT2D eigenvalue weighted by atomic mass is 32.2. The first-order chi connectivity index (χ1) is 9.92. The number of nitrogens with one attached hydrogen (secondary N) is 1. The molecular formula is C13H18N4O3S. The van der Waals surface area contributed by atoms with Crippen molar-refractivity contribution in [3.05, 3.63) is 30.5 Å². The number of ether oxygens (including phenoxy) is 1. The summed E-state index contributed by atoms with van der Waals surface area (Å²) in [6.45, 7) is 2.64. The highest BCUT2D eigenvalue weighted by Gasteiger charge is 2.20. The van der Waals surface area contributed by atoms with Crippen molar-refractivity contribution in [3.63, 3.8) is 0 Å². The lowest BCUT2D eigenvalue weighted by Gasteiger charge is -2.08. The van der Waals surface area contributed by atoms with E-state index in [4.69, 9.17) is 10.5 Å². The van der Waals surface area contributed by atoms with Crippen molar-refractivity contribution in [3.8, 4) is 5.75 Å². The van der Waals surface area contributed by atoms with Crippen molar-refractivity contribution in [1.82, 2.24) is 9.78 Å². The third-order valence-corrected chi connectivity index (χ3v) is 4.09. The molecule has 0 amide bonds. The zero-order chi connectivity index (χ0) is 15.5. The Labute approximate surface area is 123 Å². The fraction of sp³-hybridized carbons (Fsp3) is 0.308. The Morgan fingerprint density at radius 3 is 2.52 bits per heavy atom. The van der Waals surface area contributed by atoms with Gasteiger partial charge in [0.05, 0.1) is 6.61 Å². The third kappa shape index (κ3) is 3.66.